The lowest BCUT2D eigenvalue weighted by atomic mass is 10.1. The summed E-state index contributed by atoms with van der Waals surface area (Å²) in [7, 11) is 1.54. The second kappa shape index (κ2) is 10.7. The quantitative estimate of drug-likeness (QED) is 0.668. The van der Waals surface area contributed by atoms with Crippen molar-refractivity contribution in [2.45, 2.75) is 18.6 Å². The van der Waals surface area contributed by atoms with Crippen LogP contribution in [0.4, 0.5) is 0 Å². The van der Waals surface area contributed by atoms with Crippen molar-refractivity contribution >= 4 is 30.1 Å². The third kappa shape index (κ3) is 6.56. The van der Waals surface area contributed by atoms with Crippen LogP contribution in [0.15, 0.2) is 24.3 Å². The second-order valence-electron chi connectivity index (χ2n) is 4.39. The number of thioether (sulfide) groups is 1. The van der Waals surface area contributed by atoms with E-state index < -0.39 is 12.1 Å². The summed E-state index contributed by atoms with van der Waals surface area (Å²) in [5.74, 6) is 1.19. The van der Waals surface area contributed by atoms with Crippen molar-refractivity contribution in [3.63, 3.8) is 0 Å². The number of benzene rings is 1. The van der Waals surface area contributed by atoms with Crippen molar-refractivity contribution in [2.75, 3.05) is 25.7 Å². The van der Waals surface area contributed by atoms with E-state index >= 15 is 0 Å². The minimum atomic E-state index is -0.817. The molecular weight excluding hydrogens is 312 g/mol. The number of hydrogen-bond donors (Lipinski definition) is 3. The molecule has 1 rings (SSSR count). The van der Waals surface area contributed by atoms with E-state index in [1.54, 1.807) is 31.0 Å². The molecule has 0 saturated carbocycles. The molecule has 1 unspecified atom stereocenters. The van der Waals surface area contributed by atoms with Gasteiger partial charge in [0, 0.05) is 12.1 Å². The van der Waals surface area contributed by atoms with Crippen LogP contribution in [0.3, 0.4) is 0 Å². The number of carbonyl (C=O) groups is 1. The molecule has 5 nitrogen and oxygen atoms in total. The molecule has 21 heavy (non-hydrogen) atoms. The fraction of sp³-hybridized carbons (Fsp3) is 0.500. The molecule has 0 saturated heterocycles. The molecule has 0 bridgehead atoms. The lowest BCUT2D eigenvalue weighted by Gasteiger charge is -2.17. The summed E-state index contributed by atoms with van der Waals surface area (Å²) in [5.41, 5.74) is 6.40. The molecule has 0 spiro atoms. The Hall–Kier alpha value is -0.950. The number of para-hydroxylation sites is 1. The highest BCUT2D eigenvalue weighted by Gasteiger charge is 2.17. The third-order valence-corrected chi connectivity index (χ3v) is 3.58. The number of nitrogens with one attached hydrogen (secondary N) is 1. The van der Waals surface area contributed by atoms with Crippen LogP contribution in [-0.2, 0) is 4.79 Å². The van der Waals surface area contributed by atoms with E-state index in [9.17, 15) is 9.90 Å². The van der Waals surface area contributed by atoms with Gasteiger partial charge in [-0.05, 0) is 24.5 Å². The number of aliphatic hydroxyl groups is 1. The monoisotopic (exact) mass is 334 g/mol. The van der Waals surface area contributed by atoms with Gasteiger partial charge in [0.25, 0.3) is 0 Å². The number of methoxy groups -OCH3 is 1. The molecule has 0 aliphatic heterocycles. The Morgan fingerprint density at radius 2 is 2.14 bits per heavy atom. The predicted molar refractivity (Wildman–Crippen MR) is 89.2 cm³/mol. The van der Waals surface area contributed by atoms with Crippen LogP contribution in [0.2, 0.25) is 0 Å². The Bertz CT molecular complexity index is 434. The molecule has 0 aliphatic carbocycles. The smallest absolute Gasteiger partial charge is 0.237 e. The lowest BCUT2D eigenvalue weighted by molar-refractivity contribution is -0.122. The number of nitrogens with two attached hydrogens (primary N) is 1. The molecule has 2 atom stereocenters. The van der Waals surface area contributed by atoms with Crippen molar-refractivity contribution in [3.8, 4) is 5.75 Å². The zero-order chi connectivity index (χ0) is 15.0. The standard InChI is InChI=1S/C14H22N2O3S.ClH/c1-19-13-6-4-3-5-10(13)12(17)9-16-14(18)11(15)7-8-20-2;/h3-6,11-12,17H,7-9,15H2,1-2H3,(H,16,18);1H/t11-,12?;/m0./s1. The van der Waals surface area contributed by atoms with Crippen molar-refractivity contribution in [3.05, 3.63) is 29.8 Å². The Morgan fingerprint density at radius 3 is 2.76 bits per heavy atom. The number of carbonyl (C=O) groups excluding carboxylic acids is 1. The molecule has 120 valence electrons. The fourth-order valence-corrected chi connectivity index (χ4v) is 2.25. The molecule has 0 radical (unpaired) electrons. The summed E-state index contributed by atoms with van der Waals surface area (Å²) >= 11 is 1.65. The first-order valence-electron chi connectivity index (χ1n) is 6.43. The largest absolute Gasteiger partial charge is 0.496 e. The van der Waals surface area contributed by atoms with Crippen LogP contribution >= 0.6 is 24.2 Å². The van der Waals surface area contributed by atoms with E-state index in [-0.39, 0.29) is 24.9 Å². The van der Waals surface area contributed by atoms with Crippen LogP contribution in [0.25, 0.3) is 0 Å². The van der Waals surface area contributed by atoms with Crippen molar-refractivity contribution in [2.24, 2.45) is 5.73 Å². The molecule has 4 N–H and O–H groups in total. The molecule has 1 aromatic rings. The van der Waals surface area contributed by atoms with Crippen LogP contribution in [0, 0.1) is 0 Å². The first-order valence-corrected chi connectivity index (χ1v) is 7.82. The second-order valence-corrected chi connectivity index (χ2v) is 5.38. The molecule has 1 amide bonds. The van der Waals surface area contributed by atoms with Crippen LogP contribution in [0.5, 0.6) is 5.75 Å². The number of rotatable bonds is 8. The summed E-state index contributed by atoms with van der Waals surface area (Å²) in [6.07, 6.45) is 1.77. The van der Waals surface area contributed by atoms with E-state index in [1.807, 2.05) is 18.4 Å². The van der Waals surface area contributed by atoms with Gasteiger partial charge in [-0.2, -0.15) is 11.8 Å². The Balaban J connectivity index is 0.00000400. The number of amides is 1. The molecular formula is C14H23ClN2O3S. The molecule has 0 fully saturated rings. The maximum atomic E-state index is 11.8. The van der Waals surface area contributed by atoms with Gasteiger partial charge < -0.3 is 20.9 Å². The normalized spacial score (nSPS) is 13.0. The predicted octanol–water partition coefficient (Wildman–Crippen LogP) is 1.35. The molecule has 0 heterocycles. The summed E-state index contributed by atoms with van der Waals surface area (Å²) in [6.45, 7) is 0.117. The van der Waals surface area contributed by atoms with E-state index in [1.165, 1.54) is 0 Å². The summed E-state index contributed by atoms with van der Waals surface area (Å²) in [6, 6.07) is 6.64. The summed E-state index contributed by atoms with van der Waals surface area (Å²) in [5, 5.41) is 12.8. The van der Waals surface area contributed by atoms with Gasteiger partial charge in [-0.25, -0.2) is 0 Å². The maximum Gasteiger partial charge on any atom is 0.237 e. The lowest BCUT2D eigenvalue weighted by Crippen LogP contribution is -2.42. The van der Waals surface area contributed by atoms with Crippen LogP contribution in [-0.4, -0.2) is 42.7 Å². The van der Waals surface area contributed by atoms with E-state index in [2.05, 4.69) is 5.32 Å². The fourth-order valence-electron chi connectivity index (χ4n) is 1.76. The van der Waals surface area contributed by atoms with E-state index in [0.717, 1.165) is 5.75 Å². The minimum absolute atomic E-state index is 0. The highest BCUT2D eigenvalue weighted by Crippen LogP contribution is 2.23. The van der Waals surface area contributed by atoms with Gasteiger partial charge in [0.05, 0.1) is 19.3 Å². The highest BCUT2D eigenvalue weighted by molar-refractivity contribution is 7.98. The number of aliphatic hydroxyl groups excluding tert-OH is 1. The van der Waals surface area contributed by atoms with Crippen LogP contribution in [0.1, 0.15) is 18.1 Å². The van der Waals surface area contributed by atoms with Gasteiger partial charge in [-0.3, -0.25) is 4.79 Å². The Kier molecular flexibility index (Phi) is 10.2. The van der Waals surface area contributed by atoms with Crippen molar-refractivity contribution in [1.82, 2.24) is 5.32 Å². The van der Waals surface area contributed by atoms with Gasteiger partial charge in [0.2, 0.25) is 5.91 Å². The maximum absolute atomic E-state index is 11.8. The molecule has 1 aromatic carbocycles. The average molecular weight is 335 g/mol. The first kappa shape index (κ1) is 20.1. The molecule has 0 aromatic heterocycles. The van der Waals surface area contributed by atoms with E-state index in [4.69, 9.17) is 10.5 Å². The van der Waals surface area contributed by atoms with E-state index in [0.29, 0.717) is 17.7 Å². The molecule has 7 heteroatoms. The van der Waals surface area contributed by atoms with Crippen LogP contribution < -0.4 is 15.8 Å². The summed E-state index contributed by atoms with van der Waals surface area (Å²) < 4.78 is 5.17. The first-order chi connectivity index (χ1) is 9.60. The summed E-state index contributed by atoms with van der Waals surface area (Å²) in [4.78, 5) is 11.8. The van der Waals surface area contributed by atoms with Gasteiger partial charge >= 0.3 is 0 Å². The minimum Gasteiger partial charge on any atom is -0.496 e. The Labute approximate surface area is 136 Å². The zero-order valence-corrected chi connectivity index (χ0v) is 13.9. The van der Waals surface area contributed by atoms with Crippen molar-refractivity contribution < 1.29 is 14.6 Å². The number of ether oxygens (including phenoxy) is 1. The van der Waals surface area contributed by atoms with Gasteiger partial charge in [-0.1, -0.05) is 18.2 Å². The van der Waals surface area contributed by atoms with Gasteiger partial charge in [0.1, 0.15) is 5.75 Å². The molecule has 0 aliphatic rings. The Morgan fingerprint density at radius 1 is 1.48 bits per heavy atom. The zero-order valence-electron chi connectivity index (χ0n) is 12.2. The highest BCUT2D eigenvalue weighted by atomic mass is 35.5. The SMILES string of the molecule is COc1ccccc1C(O)CNC(=O)[C@@H](N)CCSC.Cl. The third-order valence-electron chi connectivity index (χ3n) is 2.94. The van der Waals surface area contributed by atoms with Gasteiger partial charge in [-0.15, -0.1) is 12.4 Å². The topological polar surface area (TPSA) is 84.6 Å². The van der Waals surface area contributed by atoms with Crippen molar-refractivity contribution in [1.29, 1.82) is 0 Å². The average Bonchev–Trinajstić information content (AvgIpc) is 2.49. The van der Waals surface area contributed by atoms with Gasteiger partial charge in [0.15, 0.2) is 0 Å². The number of halogens is 1. The number of hydrogen-bond acceptors (Lipinski definition) is 5.